The van der Waals surface area contributed by atoms with Crippen molar-refractivity contribution in [2.75, 3.05) is 5.32 Å². The largest absolute Gasteiger partial charge is 0.417 e. The summed E-state index contributed by atoms with van der Waals surface area (Å²) in [5, 5.41) is 8.36. The number of hydrogen-bond donors (Lipinski definition) is 2. The van der Waals surface area contributed by atoms with E-state index in [4.69, 9.17) is 0 Å². The second-order valence-corrected chi connectivity index (χ2v) is 9.07. The summed E-state index contributed by atoms with van der Waals surface area (Å²) in [6.45, 7) is 0. The number of fused-ring (bicyclic) bond motifs is 1. The standard InChI is InChI=1S/C22H16F3N3O3S/c23-22(24,25)19-10-16(11-20-18(19)12-26-28-20)27-21(29)15-7-4-8-17(9-15)32(30,31)13-14-5-2-1-3-6-14/h1-12H,13H2,(H,26,28)(H,27,29). The molecule has 0 aliphatic rings. The van der Waals surface area contributed by atoms with Crippen LogP contribution in [-0.2, 0) is 21.8 Å². The molecule has 0 saturated carbocycles. The molecule has 32 heavy (non-hydrogen) atoms. The van der Waals surface area contributed by atoms with Gasteiger partial charge in [-0.1, -0.05) is 36.4 Å². The number of sulfone groups is 1. The van der Waals surface area contributed by atoms with Crippen molar-refractivity contribution in [2.24, 2.45) is 0 Å². The van der Waals surface area contributed by atoms with Gasteiger partial charge in [-0.05, 0) is 35.9 Å². The van der Waals surface area contributed by atoms with E-state index in [1.807, 2.05) is 0 Å². The van der Waals surface area contributed by atoms with E-state index < -0.39 is 27.5 Å². The number of hydrogen-bond acceptors (Lipinski definition) is 4. The SMILES string of the molecule is O=C(Nc1cc(C(F)(F)F)c2cn[nH]c2c1)c1cccc(S(=O)(=O)Cc2ccccc2)c1. The normalized spacial score (nSPS) is 12.1. The molecular weight excluding hydrogens is 443 g/mol. The highest BCUT2D eigenvalue weighted by Crippen LogP contribution is 2.36. The molecule has 4 rings (SSSR count). The number of nitrogens with zero attached hydrogens (tertiary/aromatic N) is 1. The Labute approximate surface area is 181 Å². The third-order valence-electron chi connectivity index (χ3n) is 4.78. The van der Waals surface area contributed by atoms with Crippen LogP contribution in [0.3, 0.4) is 0 Å². The van der Waals surface area contributed by atoms with Gasteiger partial charge in [0.1, 0.15) is 0 Å². The highest BCUT2D eigenvalue weighted by atomic mass is 32.2. The fraction of sp³-hybridized carbons (Fsp3) is 0.0909. The number of amides is 1. The molecule has 3 aromatic carbocycles. The number of alkyl halides is 3. The number of rotatable bonds is 5. The molecule has 4 aromatic rings. The minimum atomic E-state index is -4.64. The first-order valence-electron chi connectivity index (χ1n) is 9.36. The first kappa shape index (κ1) is 21.6. The van der Waals surface area contributed by atoms with E-state index >= 15 is 0 Å². The van der Waals surface area contributed by atoms with Gasteiger partial charge in [0, 0.05) is 16.6 Å². The first-order valence-corrected chi connectivity index (χ1v) is 11.0. The summed E-state index contributed by atoms with van der Waals surface area (Å²) in [4.78, 5) is 12.6. The van der Waals surface area contributed by atoms with Crippen molar-refractivity contribution in [1.82, 2.24) is 10.2 Å². The third-order valence-corrected chi connectivity index (χ3v) is 6.46. The van der Waals surface area contributed by atoms with Crippen LogP contribution in [0.15, 0.2) is 77.8 Å². The van der Waals surface area contributed by atoms with E-state index in [-0.39, 0.29) is 32.8 Å². The highest BCUT2D eigenvalue weighted by Gasteiger charge is 2.33. The zero-order chi connectivity index (χ0) is 22.9. The third kappa shape index (κ3) is 4.50. The number of nitrogens with one attached hydrogen (secondary N) is 2. The molecule has 10 heteroatoms. The monoisotopic (exact) mass is 459 g/mol. The molecule has 1 heterocycles. The molecule has 0 saturated heterocycles. The molecule has 0 atom stereocenters. The van der Waals surface area contributed by atoms with Gasteiger partial charge in [0.05, 0.1) is 27.9 Å². The number of carbonyl (C=O) groups excluding carboxylic acids is 1. The van der Waals surface area contributed by atoms with Gasteiger partial charge in [0.15, 0.2) is 9.84 Å². The van der Waals surface area contributed by atoms with Crippen LogP contribution in [0.1, 0.15) is 21.5 Å². The van der Waals surface area contributed by atoms with Crippen LogP contribution < -0.4 is 5.32 Å². The van der Waals surface area contributed by atoms with Crippen molar-refractivity contribution in [3.63, 3.8) is 0 Å². The predicted octanol–water partition coefficient (Wildman–Crippen LogP) is 4.81. The molecular formula is C22H16F3N3O3S. The van der Waals surface area contributed by atoms with Crippen LogP contribution >= 0.6 is 0 Å². The second-order valence-electron chi connectivity index (χ2n) is 7.08. The van der Waals surface area contributed by atoms with Crippen LogP contribution in [0.2, 0.25) is 0 Å². The fourth-order valence-corrected chi connectivity index (χ4v) is 4.66. The van der Waals surface area contributed by atoms with Crippen LogP contribution in [0.5, 0.6) is 0 Å². The zero-order valence-corrected chi connectivity index (χ0v) is 17.2. The Morgan fingerprint density at radius 3 is 2.47 bits per heavy atom. The van der Waals surface area contributed by atoms with Gasteiger partial charge in [-0.25, -0.2) is 8.42 Å². The fourth-order valence-electron chi connectivity index (χ4n) is 3.27. The average molecular weight is 459 g/mol. The molecule has 0 spiro atoms. The molecule has 164 valence electrons. The van der Waals surface area contributed by atoms with Gasteiger partial charge < -0.3 is 5.32 Å². The lowest BCUT2D eigenvalue weighted by Crippen LogP contribution is -2.14. The van der Waals surface area contributed by atoms with Crippen LogP contribution in [0.25, 0.3) is 10.9 Å². The Hall–Kier alpha value is -3.66. The van der Waals surface area contributed by atoms with Crippen LogP contribution in [-0.4, -0.2) is 24.5 Å². The van der Waals surface area contributed by atoms with Crippen molar-refractivity contribution in [3.8, 4) is 0 Å². The lowest BCUT2D eigenvalue weighted by Gasteiger charge is -2.12. The summed E-state index contributed by atoms with van der Waals surface area (Å²) < 4.78 is 65.6. The minimum absolute atomic E-state index is 0.00240. The van der Waals surface area contributed by atoms with Gasteiger partial charge in [0.25, 0.3) is 5.91 Å². The van der Waals surface area contributed by atoms with Crippen LogP contribution in [0, 0.1) is 0 Å². The summed E-state index contributed by atoms with van der Waals surface area (Å²) in [5.41, 5.74) is -0.350. The Morgan fingerprint density at radius 1 is 1.00 bits per heavy atom. The molecule has 0 aliphatic heterocycles. The number of benzene rings is 3. The molecule has 6 nitrogen and oxygen atoms in total. The van der Waals surface area contributed by atoms with Crippen LogP contribution in [0.4, 0.5) is 18.9 Å². The highest BCUT2D eigenvalue weighted by molar-refractivity contribution is 7.90. The first-order chi connectivity index (χ1) is 15.1. The lowest BCUT2D eigenvalue weighted by molar-refractivity contribution is -0.136. The molecule has 1 aromatic heterocycles. The van der Waals surface area contributed by atoms with Crippen molar-refractivity contribution in [1.29, 1.82) is 0 Å². The maximum absolute atomic E-state index is 13.4. The van der Waals surface area contributed by atoms with Gasteiger partial charge in [0.2, 0.25) is 0 Å². The van der Waals surface area contributed by atoms with Gasteiger partial charge in [-0.15, -0.1) is 0 Å². The number of carbonyl (C=O) groups is 1. The summed E-state index contributed by atoms with van der Waals surface area (Å²) in [6.07, 6.45) is -3.58. The Balaban J connectivity index is 1.61. The topological polar surface area (TPSA) is 91.9 Å². The van der Waals surface area contributed by atoms with Crippen molar-refractivity contribution < 1.29 is 26.4 Å². The summed E-state index contributed by atoms with van der Waals surface area (Å²) in [7, 11) is -3.73. The Bertz CT molecular complexity index is 1400. The van der Waals surface area contributed by atoms with E-state index in [0.717, 1.165) is 12.3 Å². The van der Waals surface area contributed by atoms with Gasteiger partial charge in [-0.3, -0.25) is 9.89 Å². The Kier molecular flexibility index (Phi) is 5.47. The number of aromatic nitrogens is 2. The van der Waals surface area contributed by atoms with Gasteiger partial charge >= 0.3 is 6.18 Å². The van der Waals surface area contributed by atoms with E-state index in [9.17, 15) is 26.4 Å². The predicted molar refractivity (Wildman–Crippen MR) is 113 cm³/mol. The van der Waals surface area contributed by atoms with Crippen molar-refractivity contribution in [3.05, 3.63) is 89.6 Å². The Morgan fingerprint density at radius 2 is 1.75 bits per heavy atom. The zero-order valence-electron chi connectivity index (χ0n) is 16.3. The quantitative estimate of drug-likeness (QED) is 0.448. The molecule has 0 bridgehead atoms. The second kappa shape index (κ2) is 8.12. The molecule has 2 N–H and O–H groups in total. The summed E-state index contributed by atoms with van der Waals surface area (Å²) >= 11 is 0. The molecule has 0 fully saturated rings. The smallest absolute Gasteiger partial charge is 0.322 e. The molecule has 0 aliphatic carbocycles. The van der Waals surface area contributed by atoms with E-state index in [1.54, 1.807) is 30.3 Å². The average Bonchev–Trinajstić information content (AvgIpc) is 3.21. The maximum atomic E-state index is 13.4. The maximum Gasteiger partial charge on any atom is 0.417 e. The van der Waals surface area contributed by atoms with E-state index in [0.29, 0.717) is 5.56 Å². The van der Waals surface area contributed by atoms with E-state index in [2.05, 4.69) is 15.5 Å². The summed E-state index contributed by atoms with van der Waals surface area (Å²) in [5.74, 6) is -0.988. The molecule has 0 radical (unpaired) electrons. The van der Waals surface area contributed by atoms with Crippen molar-refractivity contribution >= 4 is 32.3 Å². The molecule has 0 unspecified atom stereocenters. The number of H-pyrrole nitrogens is 1. The van der Waals surface area contributed by atoms with Crippen molar-refractivity contribution in [2.45, 2.75) is 16.8 Å². The summed E-state index contributed by atoms with van der Waals surface area (Å²) in [6, 6.07) is 16.1. The van der Waals surface area contributed by atoms with Gasteiger partial charge in [-0.2, -0.15) is 18.3 Å². The number of anilines is 1. The minimum Gasteiger partial charge on any atom is -0.322 e. The van der Waals surface area contributed by atoms with E-state index in [1.165, 1.54) is 30.3 Å². The molecule has 1 amide bonds. The number of halogens is 3. The number of aromatic amines is 1. The lowest BCUT2D eigenvalue weighted by atomic mass is 10.1.